The molecule has 0 unspecified atom stereocenters. The second-order valence-electron chi connectivity index (χ2n) is 6.79. The number of nitrogens with zero attached hydrogens (tertiary/aromatic N) is 3. The number of hydrogen-bond donors (Lipinski definition) is 1. The molecule has 2 aliphatic rings. The van der Waals surface area contributed by atoms with E-state index in [4.69, 9.17) is 18.9 Å². The van der Waals surface area contributed by atoms with Crippen LogP contribution in [0.5, 0.6) is 11.5 Å². The average molecular weight is 386 g/mol. The summed E-state index contributed by atoms with van der Waals surface area (Å²) in [5.74, 6) is 2.76. The number of hydrogen-bond acceptors (Lipinski definition) is 8. The number of ether oxygens (including phenoxy) is 4. The Morgan fingerprint density at radius 2 is 1.79 bits per heavy atom. The first-order valence-corrected chi connectivity index (χ1v) is 9.63. The highest BCUT2D eigenvalue weighted by Gasteiger charge is 2.40. The van der Waals surface area contributed by atoms with Crippen molar-refractivity contribution in [1.82, 2.24) is 9.97 Å². The van der Waals surface area contributed by atoms with Gasteiger partial charge in [-0.15, -0.1) is 0 Å². The van der Waals surface area contributed by atoms with Crippen LogP contribution in [0.1, 0.15) is 12.8 Å². The lowest BCUT2D eigenvalue weighted by molar-refractivity contribution is -0.169. The van der Waals surface area contributed by atoms with Crippen LogP contribution in [-0.4, -0.2) is 62.3 Å². The zero-order valence-electron chi connectivity index (χ0n) is 16.1. The maximum Gasteiger partial charge on any atom is 0.227 e. The van der Waals surface area contributed by atoms with Crippen molar-refractivity contribution in [3.05, 3.63) is 36.5 Å². The number of piperidine rings is 1. The first kappa shape index (κ1) is 18.8. The lowest BCUT2D eigenvalue weighted by Crippen LogP contribution is -2.45. The first-order chi connectivity index (χ1) is 13.8. The zero-order chi connectivity index (χ0) is 19.2. The van der Waals surface area contributed by atoms with Crippen LogP contribution in [0, 0.1) is 0 Å². The largest absolute Gasteiger partial charge is 0.497 e. The molecule has 0 bridgehead atoms. The molecular formula is C20H26N4O4. The van der Waals surface area contributed by atoms with Crippen molar-refractivity contribution < 1.29 is 18.9 Å². The number of rotatable bonds is 7. The van der Waals surface area contributed by atoms with Crippen LogP contribution in [-0.2, 0) is 9.47 Å². The van der Waals surface area contributed by atoms with Gasteiger partial charge in [0.15, 0.2) is 5.79 Å². The maximum absolute atomic E-state index is 5.78. The summed E-state index contributed by atoms with van der Waals surface area (Å²) in [7, 11) is 1.65. The predicted molar refractivity (Wildman–Crippen MR) is 105 cm³/mol. The zero-order valence-corrected chi connectivity index (χ0v) is 16.1. The standard InChI is InChI=1S/C20H26N4O4/c1-25-16-2-4-17(5-3-16)26-13-10-21-18-6-9-22-19(23-18)24-11-7-20(8-12-24)27-14-15-28-20/h2-6,9H,7-8,10-15H2,1H3,(H,21,22,23). The summed E-state index contributed by atoms with van der Waals surface area (Å²) >= 11 is 0. The highest BCUT2D eigenvalue weighted by atomic mass is 16.7. The molecule has 2 saturated heterocycles. The SMILES string of the molecule is COc1ccc(OCCNc2ccnc(N3CCC4(CC3)OCCO4)n2)cc1. The number of anilines is 2. The van der Waals surface area contributed by atoms with Gasteiger partial charge in [0, 0.05) is 32.1 Å². The highest BCUT2D eigenvalue weighted by molar-refractivity contribution is 5.41. The van der Waals surface area contributed by atoms with Crippen molar-refractivity contribution in [3.8, 4) is 11.5 Å². The molecule has 28 heavy (non-hydrogen) atoms. The third kappa shape index (κ3) is 4.45. The molecule has 1 aromatic heterocycles. The molecular weight excluding hydrogens is 360 g/mol. The lowest BCUT2D eigenvalue weighted by atomic mass is 10.0. The minimum atomic E-state index is -0.384. The Hall–Kier alpha value is -2.58. The third-order valence-electron chi connectivity index (χ3n) is 5.00. The molecule has 1 N–H and O–H groups in total. The number of benzene rings is 1. The van der Waals surface area contributed by atoms with Crippen molar-refractivity contribution in [3.63, 3.8) is 0 Å². The van der Waals surface area contributed by atoms with E-state index in [1.54, 1.807) is 13.3 Å². The van der Waals surface area contributed by atoms with Gasteiger partial charge in [0.2, 0.25) is 5.95 Å². The predicted octanol–water partition coefficient (Wildman–Crippen LogP) is 2.32. The summed E-state index contributed by atoms with van der Waals surface area (Å²) in [5, 5.41) is 3.29. The van der Waals surface area contributed by atoms with E-state index in [2.05, 4.69) is 20.2 Å². The maximum atomic E-state index is 5.78. The fraction of sp³-hybridized carbons (Fsp3) is 0.500. The Morgan fingerprint density at radius 1 is 1.07 bits per heavy atom. The Balaban J connectivity index is 1.24. The third-order valence-corrected chi connectivity index (χ3v) is 5.00. The van der Waals surface area contributed by atoms with Gasteiger partial charge in [0.25, 0.3) is 0 Å². The van der Waals surface area contributed by atoms with Gasteiger partial charge in [-0.25, -0.2) is 4.98 Å². The monoisotopic (exact) mass is 386 g/mol. The van der Waals surface area contributed by atoms with Gasteiger partial charge in [-0.2, -0.15) is 4.98 Å². The summed E-state index contributed by atoms with van der Waals surface area (Å²) in [5.41, 5.74) is 0. The molecule has 0 radical (unpaired) electrons. The van der Waals surface area contributed by atoms with Crippen LogP contribution < -0.4 is 19.7 Å². The Morgan fingerprint density at radius 3 is 2.50 bits per heavy atom. The summed E-state index contributed by atoms with van der Waals surface area (Å²) in [4.78, 5) is 11.2. The molecule has 150 valence electrons. The van der Waals surface area contributed by atoms with E-state index in [9.17, 15) is 0 Å². The van der Waals surface area contributed by atoms with Crippen LogP contribution in [0.15, 0.2) is 36.5 Å². The average Bonchev–Trinajstić information content (AvgIpc) is 3.20. The van der Waals surface area contributed by atoms with Crippen molar-refractivity contribution in [1.29, 1.82) is 0 Å². The van der Waals surface area contributed by atoms with Crippen LogP contribution in [0.4, 0.5) is 11.8 Å². The second kappa shape index (κ2) is 8.62. The highest BCUT2D eigenvalue weighted by Crippen LogP contribution is 2.32. The van der Waals surface area contributed by atoms with Gasteiger partial charge >= 0.3 is 0 Å². The molecule has 0 amide bonds. The van der Waals surface area contributed by atoms with E-state index < -0.39 is 0 Å². The minimum Gasteiger partial charge on any atom is -0.497 e. The van der Waals surface area contributed by atoms with E-state index in [0.717, 1.165) is 49.2 Å². The summed E-state index contributed by atoms with van der Waals surface area (Å²) in [6, 6.07) is 9.41. The van der Waals surface area contributed by atoms with Crippen molar-refractivity contribution >= 4 is 11.8 Å². The summed E-state index contributed by atoms with van der Waals surface area (Å²) in [6.45, 7) is 4.21. The molecule has 0 saturated carbocycles. The van der Waals surface area contributed by atoms with E-state index in [1.807, 2.05) is 30.3 Å². The molecule has 4 rings (SSSR count). The van der Waals surface area contributed by atoms with Gasteiger partial charge in [-0.1, -0.05) is 0 Å². The topological polar surface area (TPSA) is 78.0 Å². The van der Waals surface area contributed by atoms with Crippen LogP contribution in [0.2, 0.25) is 0 Å². The molecule has 0 aliphatic carbocycles. The van der Waals surface area contributed by atoms with Crippen LogP contribution in [0.3, 0.4) is 0 Å². The van der Waals surface area contributed by atoms with Crippen molar-refractivity contribution in [2.45, 2.75) is 18.6 Å². The fourth-order valence-corrected chi connectivity index (χ4v) is 3.45. The first-order valence-electron chi connectivity index (χ1n) is 9.63. The summed E-state index contributed by atoms with van der Waals surface area (Å²) < 4.78 is 22.4. The molecule has 2 aliphatic heterocycles. The van der Waals surface area contributed by atoms with E-state index in [1.165, 1.54) is 0 Å². The smallest absolute Gasteiger partial charge is 0.227 e. The molecule has 2 aromatic rings. The Labute approximate surface area is 164 Å². The quantitative estimate of drug-likeness (QED) is 0.727. The molecule has 3 heterocycles. The Bertz CT molecular complexity index is 755. The van der Waals surface area contributed by atoms with Crippen molar-refractivity contribution in [2.24, 2.45) is 0 Å². The second-order valence-corrected chi connectivity index (χ2v) is 6.79. The fourth-order valence-electron chi connectivity index (χ4n) is 3.45. The Kier molecular flexibility index (Phi) is 5.78. The molecule has 8 nitrogen and oxygen atoms in total. The summed E-state index contributed by atoms with van der Waals surface area (Å²) in [6.07, 6.45) is 3.45. The van der Waals surface area contributed by atoms with Gasteiger partial charge in [0.1, 0.15) is 23.9 Å². The van der Waals surface area contributed by atoms with Gasteiger partial charge < -0.3 is 29.2 Å². The molecule has 2 fully saturated rings. The van der Waals surface area contributed by atoms with E-state index in [0.29, 0.717) is 26.4 Å². The van der Waals surface area contributed by atoms with Crippen LogP contribution >= 0.6 is 0 Å². The normalized spacial score (nSPS) is 18.2. The van der Waals surface area contributed by atoms with Crippen LogP contribution in [0.25, 0.3) is 0 Å². The van der Waals surface area contributed by atoms with Crippen molar-refractivity contribution in [2.75, 3.05) is 56.8 Å². The number of methoxy groups -OCH3 is 1. The van der Waals surface area contributed by atoms with Gasteiger partial charge in [-0.3, -0.25) is 0 Å². The molecule has 1 spiro atoms. The molecule has 0 atom stereocenters. The van der Waals surface area contributed by atoms with E-state index in [-0.39, 0.29) is 5.79 Å². The lowest BCUT2D eigenvalue weighted by Gasteiger charge is -2.37. The molecule has 8 heteroatoms. The van der Waals surface area contributed by atoms with Gasteiger partial charge in [0.05, 0.1) is 26.9 Å². The van der Waals surface area contributed by atoms with E-state index >= 15 is 0 Å². The van der Waals surface area contributed by atoms with Gasteiger partial charge in [-0.05, 0) is 30.3 Å². The molecule has 1 aromatic carbocycles. The minimum absolute atomic E-state index is 0.384. The number of nitrogens with one attached hydrogen (secondary N) is 1. The number of aromatic nitrogens is 2.